The van der Waals surface area contributed by atoms with Crippen LogP contribution in [0.15, 0.2) is 97.2 Å². The molecular formula is C53H57FN8O7. The quantitative estimate of drug-likeness (QED) is 0.0517. The molecule has 4 saturated heterocycles. The molecule has 5 amide bonds. The molecule has 4 aromatic carbocycles. The van der Waals surface area contributed by atoms with Crippen molar-refractivity contribution < 1.29 is 38.2 Å². The number of aromatic hydroxyl groups is 1. The number of phenolic OH excluding ortho intramolecular Hbond substituents is 1. The lowest BCUT2D eigenvalue weighted by molar-refractivity contribution is -0.134. The van der Waals surface area contributed by atoms with Gasteiger partial charge in [0.25, 0.3) is 0 Å². The number of amides is 5. The van der Waals surface area contributed by atoms with Gasteiger partial charge in [0.1, 0.15) is 28.5 Å². The number of carbonyl (C=O) groups is 5. The van der Waals surface area contributed by atoms with Crippen molar-refractivity contribution >= 4 is 57.5 Å². The fourth-order valence-corrected chi connectivity index (χ4v) is 10.6. The van der Waals surface area contributed by atoms with E-state index in [-0.39, 0.29) is 29.4 Å². The average Bonchev–Trinajstić information content (AvgIpc) is 3.96. The van der Waals surface area contributed by atoms with Crippen LogP contribution < -0.4 is 30.9 Å². The van der Waals surface area contributed by atoms with Crippen LogP contribution in [0, 0.1) is 17.2 Å². The lowest BCUT2D eigenvalue weighted by Gasteiger charge is -2.39. The second kappa shape index (κ2) is 19.6. The van der Waals surface area contributed by atoms with Gasteiger partial charge >= 0.3 is 0 Å². The fourth-order valence-electron chi connectivity index (χ4n) is 10.6. The van der Waals surface area contributed by atoms with Gasteiger partial charge in [-0.2, -0.15) is 0 Å². The largest absolute Gasteiger partial charge is 0.506 e. The van der Waals surface area contributed by atoms with Crippen molar-refractivity contribution in [2.45, 2.75) is 82.3 Å². The first-order chi connectivity index (χ1) is 33.5. The van der Waals surface area contributed by atoms with Crippen LogP contribution in [0.1, 0.15) is 74.8 Å². The minimum atomic E-state index is -1.18. The standard InChI is InChI=1S/C53H57FN8O7/c54-36-7-9-37(10-8-36)57-51(67)53(20-21-53)52(68)58-38-11-13-41(14-12-38)69-47-17-22-55-44-28-45(46(63)27-43(44)47)60-24-18-34(19-25-60)30-62-32-39-26-40(62)31-61(39)23-1-2-48(64)56-29-33-3-5-35(6-4-33)42-15-16-49(65)59-50(42)66/h3-14,17,22,27-28,34,39-40,42,63H,1-2,15-16,18-21,23-26,29-32H2,(H,56,64)(H,57,67)(H,58,68)(H,59,65,66)/t39-,40-,42?/m0/s1. The van der Waals surface area contributed by atoms with Crippen LogP contribution >= 0.6 is 0 Å². The number of phenols is 1. The van der Waals surface area contributed by atoms with E-state index >= 15 is 0 Å². The molecule has 2 bridgehead atoms. The third-order valence-corrected chi connectivity index (χ3v) is 14.7. The van der Waals surface area contributed by atoms with Crippen LogP contribution in [0.2, 0.25) is 0 Å². The Morgan fingerprint density at radius 2 is 1.52 bits per heavy atom. The van der Waals surface area contributed by atoms with Gasteiger partial charge in [0.05, 0.1) is 17.1 Å². The second-order valence-corrected chi connectivity index (χ2v) is 19.3. The lowest BCUT2D eigenvalue weighted by Crippen LogP contribution is -2.49. The third-order valence-electron chi connectivity index (χ3n) is 14.7. The maximum absolute atomic E-state index is 13.3. The maximum atomic E-state index is 13.3. The number of piperidine rings is 2. The summed E-state index contributed by atoms with van der Waals surface area (Å²) in [5.41, 5.74) is 3.08. The summed E-state index contributed by atoms with van der Waals surface area (Å²) < 4.78 is 19.6. The van der Waals surface area contributed by atoms with Crippen LogP contribution in [-0.4, -0.2) is 101 Å². The van der Waals surface area contributed by atoms with E-state index in [0.29, 0.717) is 90.4 Å². The predicted molar refractivity (Wildman–Crippen MR) is 258 cm³/mol. The molecule has 16 heteroatoms. The second-order valence-electron chi connectivity index (χ2n) is 19.3. The molecule has 5 aromatic rings. The van der Waals surface area contributed by atoms with Crippen molar-refractivity contribution in [2.24, 2.45) is 11.3 Å². The summed E-state index contributed by atoms with van der Waals surface area (Å²) in [6.07, 6.45) is 7.93. The number of nitrogens with one attached hydrogen (secondary N) is 4. The maximum Gasteiger partial charge on any atom is 0.240 e. The molecule has 10 rings (SSSR count). The van der Waals surface area contributed by atoms with Gasteiger partial charge in [-0.3, -0.25) is 44.1 Å². The molecule has 1 unspecified atom stereocenters. The summed E-state index contributed by atoms with van der Waals surface area (Å²) in [5, 5.41) is 23.0. The molecule has 5 heterocycles. The lowest BCUT2D eigenvalue weighted by atomic mass is 9.90. The topological polar surface area (TPSA) is 186 Å². The summed E-state index contributed by atoms with van der Waals surface area (Å²) in [5.74, 6) is -0.191. The molecule has 4 aliphatic heterocycles. The molecule has 69 heavy (non-hydrogen) atoms. The number of piperazine rings is 1. The van der Waals surface area contributed by atoms with E-state index in [1.165, 1.54) is 30.7 Å². The number of imide groups is 1. The van der Waals surface area contributed by atoms with Crippen LogP contribution in [0.4, 0.5) is 21.5 Å². The van der Waals surface area contributed by atoms with Crippen molar-refractivity contribution in [3.63, 3.8) is 0 Å². The van der Waals surface area contributed by atoms with E-state index in [1.54, 1.807) is 42.6 Å². The number of rotatable bonds is 16. The number of fused-ring (bicyclic) bond motifs is 3. The van der Waals surface area contributed by atoms with Crippen LogP contribution in [0.3, 0.4) is 0 Å². The number of anilines is 3. The first kappa shape index (κ1) is 45.9. The van der Waals surface area contributed by atoms with E-state index in [0.717, 1.165) is 75.3 Å². The summed E-state index contributed by atoms with van der Waals surface area (Å²) in [6, 6.07) is 26.4. The zero-order chi connectivity index (χ0) is 47.6. The normalized spacial score (nSPS) is 21.2. The van der Waals surface area contributed by atoms with Gasteiger partial charge in [-0.1, -0.05) is 24.3 Å². The van der Waals surface area contributed by atoms with E-state index in [2.05, 4.69) is 41.0 Å². The first-order valence-electron chi connectivity index (χ1n) is 24.2. The van der Waals surface area contributed by atoms with E-state index < -0.39 is 23.0 Å². The summed E-state index contributed by atoms with van der Waals surface area (Å²) >= 11 is 0. The molecule has 1 saturated carbocycles. The fraction of sp³-hybridized carbons (Fsp3) is 0.396. The number of aromatic nitrogens is 1. The number of ether oxygens (including phenoxy) is 1. The van der Waals surface area contributed by atoms with Gasteiger partial charge in [0, 0.05) is 87.2 Å². The highest BCUT2D eigenvalue weighted by molar-refractivity contribution is 6.17. The molecular weight excluding hydrogens is 880 g/mol. The Balaban J connectivity index is 0.646. The summed E-state index contributed by atoms with van der Waals surface area (Å²) in [7, 11) is 0. The van der Waals surface area contributed by atoms with Gasteiger partial charge in [-0.25, -0.2) is 4.39 Å². The Kier molecular flexibility index (Phi) is 13.0. The molecule has 5 N–H and O–H groups in total. The van der Waals surface area contributed by atoms with Crippen molar-refractivity contribution in [2.75, 3.05) is 54.8 Å². The number of pyridine rings is 1. The Morgan fingerprint density at radius 1 is 0.841 bits per heavy atom. The Labute approximate surface area is 399 Å². The Hall–Kier alpha value is -6.91. The minimum absolute atomic E-state index is 0.0390. The van der Waals surface area contributed by atoms with Gasteiger partial charge < -0.3 is 30.7 Å². The average molecular weight is 937 g/mol. The number of hydrogen-bond acceptors (Lipinski definition) is 11. The van der Waals surface area contributed by atoms with Crippen molar-refractivity contribution in [3.8, 4) is 17.2 Å². The highest BCUT2D eigenvalue weighted by atomic mass is 19.1. The molecule has 15 nitrogen and oxygen atoms in total. The van der Waals surface area contributed by atoms with Crippen molar-refractivity contribution in [1.82, 2.24) is 25.4 Å². The van der Waals surface area contributed by atoms with Crippen molar-refractivity contribution in [3.05, 3.63) is 114 Å². The van der Waals surface area contributed by atoms with Crippen LogP contribution in [-0.2, 0) is 30.5 Å². The Morgan fingerprint density at radius 3 is 2.19 bits per heavy atom. The molecule has 1 aliphatic carbocycles. The summed E-state index contributed by atoms with van der Waals surface area (Å²) in [6.45, 7) is 6.22. The third kappa shape index (κ3) is 10.3. The van der Waals surface area contributed by atoms with Gasteiger partial charge in [0.2, 0.25) is 29.5 Å². The molecule has 0 spiro atoms. The molecule has 5 fully saturated rings. The molecule has 358 valence electrons. The Bertz CT molecular complexity index is 2740. The smallest absolute Gasteiger partial charge is 0.240 e. The van der Waals surface area contributed by atoms with Gasteiger partial charge in [-0.05, 0) is 135 Å². The molecule has 5 aliphatic rings. The molecule has 0 radical (unpaired) electrons. The molecule has 3 atom stereocenters. The first-order valence-corrected chi connectivity index (χ1v) is 24.2. The predicted octanol–water partition coefficient (Wildman–Crippen LogP) is 6.82. The number of nitrogens with zero attached hydrogens (tertiary/aromatic N) is 4. The van der Waals surface area contributed by atoms with Gasteiger partial charge in [0.15, 0.2) is 0 Å². The number of hydrogen-bond donors (Lipinski definition) is 5. The zero-order valence-electron chi connectivity index (χ0n) is 38.4. The van der Waals surface area contributed by atoms with E-state index in [1.807, 2.05) is 30.3 Å². The van der Waals surface area contributed by atoms with Crippen LogP contribution in [0.5, 0.6) is 17.2 Å². The minimum Gasteiger partial charge on any atom is -0.506 e. The highest BCUT2D eigenvalue weighted by Crippen LogP contribution is 2.48. The SMILES string of the molecule is O=C(CCCN1C[C@@H]2C[C@H]1CN2CC1CCN(c2cc3nccc(Oc4ccc(NC(=O)C5(C(=O)Nc6ccc(F)cc6)CC5)cc4)c3cc2O)CC1)NCc1ccc(C2CCC(=O)NC2=O)cc1. The van der Waals surface area contributed by atoms with Crippen molar-refractivity contribution in [1.29, 1.82) is 0 Å². The monoisotopic (exact) mass is 936 g/mol. The van der Waals surface area contributed by atoms with E-state index in [4.69, 9.17) is 4.74 Å². The highest BCUT2D eigenvalue weighted by Gasteiger charge is 2.56. The number of halogens is 1. The molecule has 1 aromatic heterocycles. The number of benzene rings is 4. The van der Waals surface area contributed by atoms with Crippen LogP contribution in [0.25, 0.3) is 10.9 Å². The van der Waals surface area contributed by atoms with Gasteiger partial charge in [-0.15, -0.1) is 0 Å². The zero-order valence-corrected chi connectivity index (χ0v) is 38.4. The summed E-state index contributed by atoms with van der Waals surface area (Å²) in [4.78, 5) is 74.7. The van der Waals surface area contributed by atoms with E-state index in [9.17, 15) is 33.5 Å². The number of likely N-dealkylation sites (tertiary alicyclic amines) is 2. The number of carbonyl (C=O) groups excluding carboxylic acids is 5.